The number of hydrogen-bond donors (Lipinski definition) is 2. The molecule has 7 heteroatoms. The highest BCUT2D eigenvalue weighted by Gasteiger charge is 2.34. The second-order valence-corrected chi connectivity index (χ2v) is 8.12. The highest BCUT2D eigenvalue weighted by molar-refractivity contribution is 6.31. The number of fused-ring (bicyclic) bond motifs is 1. The van der Waals surface area contributed by atoms with Gasteiger partial charge in [-0.05, 0) is 54.8 Å². The van der Waals surface area contributed by atoms with E-state index in [0.717, 1.165) is 22.0 Å². The van der Waals surface area contributed by atoms with Crippen molar-refractivity contribution in [2.75, 3.05) is 25.5 Å². The molecule has 1 saturated heterocycles. The van der Waals surface area contributed by atoms with Crippen molar-refractivity contribution in [1.82, 2.24) is 9.88 Å². The predicted octanol–water partition coefficient (Wildman–Crippen LogP) is 4.17. The monoisotopic (exact) mass is 425 g/mol. The summed E-state index contributed by atoms with van der Waals surface area (Å²) in [5, 5.41) is 4.67. The highest BCUT2D eigenvalue weighted by atomic mass is 35.5. The molecule has 2 N–H and O–H groups in total. The number of methoxy groups -OCH3 is 1. The minimum atomic E-state index is -0.375. The van der Waals surface area contributed by atoms with Gasteiger partial charge in [-0.1, -0.05) is 17.7 Å². The molecule has 156 valence electrons. The van der Waals surface area contributed by atoms with Crippen LogP contribution < -0.4 is 10.1 Å². The van der Waals surface area contributed by atoms with Gasteiger partial charge in [0, 0.05) is 41.6 Å². The molecule has 0 radical (unpaired) electrons. The zero-order chi connectivity index (χ0) is 21.3. The largest absolute Gasteiger partial charge is 0.495 e. The summed E-state index contributed by atoms with van der Waals surface area (Å²) < 4.78 is 5.33. The van der Waals surface area contributed by atoms with Crippen LogP contribution in [-0.4, -0.2) is 41.9 Å². The average molecular weight is 426 g/mol. The van der Waals surface area contributed by atoms with Crippen molar-refractivity contribution in [1.29, 1.82) is 0 Å². The fourth-order valence-electron chi connectivity index (χ4n) is 3.93. The number of carbonyl (C=O) groups excluding carboxylic acids is 2. The normalized spacial score (nSPS) is 16.3. The third-order valence-corrected chi connectivity index (χ3v) is 5.81. The maximum atomic E-state index is 12.8. The Bertz CT molecular complexity index is 1110. The van der Waals surface area contributed by atoms with E-state index in [1.54, 1.807) is 12.0 Å². The summed E-state index contributed by atoms with van der Waals surface area (Å²) in [4.78, 5) is 30.3. The molecule has 2 amide bonds. The number of nitrogens with one attached hydrogen (secondary N) is 2. The summed E-state index contributed by atoms with van der Waals surface area (Å²) in [7, 11) is 1.57. The number of ether oxygens (including phenoxy) is 1. The number of aromatic amines is 1. The molecule has 4 rings (SSSR count). The first-order chi connectivity index (χ1) is 14.4. The Labute approximate surface area is 180 Å². The number of rotatable bonds is 6. The highest BCUT2D eigenvalue weighted by Crippen LogP contribution is 2.28. The van der Waals surface area contributed by atoms with Crippen molar-refractivity contribution in [2.45, 2.75) is 19.8 Å². The second-order valence-electron chi connectivity index (χ2n) is 7.69. The lowest BCUT2D eigenvalue weighted by Gasteiger charge is -2.17. The van der Waals surface area contributed by atoms with Gasteiger partial charge in [0.2, 0.25) is 11.8 Å². The number of carbonyl (C=O) groups is 2. The average Bonchev–Trinajstić information content (AvgIpc) is 3.29. The van der Waals surface area contributed by atoms with Crippen LogP contribution in [0, 0.1) is 12.8 Å². The van der Waals surface area contributed by atoms with Crippen molar-refractivity contribution in [3.05, 3.63) is 58.7 Å². The summed E-state index contributed by atoms with van der Waals surface area (Å²) in [6.07, 6.45) is 2.88. The molecule has 1 fully saturated rings. The molecule has 2 aromatic carbocycles. The van der Waals surface area contributed by atoms with E-state index in [0.29, 0.717) is 36.0 Å². The number of aryl methyl sites for hydroxylation is 1. The van der Waals surface area contributed by atoms with Gasteiger partial charge in [0.25, 0.3) is 0 Å². The van der Waals surface area contributed by atoms with Crippen molar-refractivity contribution in [2.24, 2.45) is 5.92 Å². The minimum absolute atomic E-state index is 0.00392. The quantitative estimate of drug-likeness (QED) is 0.622. The van der Waals surface area contributed by atoms with Crippen LogP contribution in [0.25, 0.3) is 10.9 Å². The Morgan fingerprint density at radius 2 is 2.13 bits per heavy atom. The number of anilines is 1. The van der Waals surface area contributed by atoms with E-state index >= 15 is 0 Å². The summed E-state index contributed by atoms with van der Waals surface area (Å²) >= 11 is 6.12. The van der Waals surface area contributed by atoms with Crippen molar-refractivity contribution in [3.63, 3.8) is 0 Å². The molecule has 0 aliphatic carbocycles. The summed E-state index contributed by atoms with van der Waals surface area (Å²) in [6.45, 7) is 2.94. The molecule has 6 nitrogen and oxygen atoms in total. The Balaban J connectivity index is 1.39. The maximum absolute atomic E-state index is 12.8. The van der Waals surface area contributed by atoms with Crippen LogP contribution in [0.1, 0.15) is 17.5 Å². The number of H-pyrrole nitrogens is 1. The summed E-state index contributed by atoms with van der Waals surface area (Å²) in [5.41, 5.74) is 3.78. The lowest BCUT2D eigenvalue weighted by Crippen LogP contribution is -2.30. The first-order valence-electron chi connectivity index (χ1n) is 9.93. The Morgan fingerprint density at radius 3 is 2.93 bits per heavy atom. The van der Waals surface area contributed by atoms with E-state index < -0.39 is 0 Å². The third-order valence-electron chi connectivity index (χ3n) is 5.58. The molecule has 0 spiro atoms. The summed E-state index contributed by atoms with van der Waals surface area (Å²) in [5.74, 6) is 0.0751. The zero-order valence-electron chi connectivity index (χ0n) is 17.0. The number of nitrogens with zero attached hydrogens (tertiary/aromatic N) is 1. The van der Waals surface area contributed by atoms with Crippen LogP contribution >= 0.6 is 11.6 Å². The van der Waals surface area contributed by atoms with Gasteiger partial charge in [0.15, 0.2) is 0 Å². The number of amides is 2. The van der Waals surface area contributed by atoms with Crippen LogP contribution in [-0.2, 0) is 16.0 Å². The van der Waals surface area contributed by atoms with E-state index in [4.69, 9.17) is 16.3 Å². The van der Waals surface area contributed by atoms with Crippen molar-refractivity contribution in [3.8, 4) is 5.75 Å². The van der Waals surface area contributed by atoms with Gasteiger partial charge in [-0.25, -0.2) is 0 Å². The van der Waals surface area contributed by atoms with Gasteiger partial charge in [-0.15, -0.1) is 0 Å². The zero-order valence-corrected chi connectivity index (χ0v) is 17.8. The lowest BCUT2D eigenvalue weighted by molar-refractivity contribution is -0.128. The molecule has 2 heterocycles. The molecule has 1 aromatic heterocycles. The van der Waals surface area contributed by atoms with Crippen molar-refractivity contribution < 1.29 is 14.3 Å². The molecule has 1 aliphatic rings. The minimum Gasteiger partial charge on any atom is -0.495 e. The van der Waals surface area contributed by atoms with Crippen LogP contribution in [0.4, 0.5) is 5.69 Å². The van der Waals surface area contributed by atoms with E-state index in [1.807, 2.05) is 49.5 Å². The SMILES string of the molecule is COc1ccc(C)cc1NC(=O)C1CC(=O)N(CCc2c[nH]c3ccc(Cl)cc23)C1. The van der Waals surface area contributed by atoms with Crippen LogP contribution in [0.3, 0.4) is 0 Å². The number of benzene rings is 2. The number of aromatic nitrogens is 1. The van der Waals surface area contributed by atoms with Gasteiger partial charge in [0.05, 0.1) is 18.7 Å². The first-order valence-corrected chi connectivity index (χ1v) is 10.3. The Hall–Kier alpha value is -2.99. The number of halogens is 1. The standard InChI is InChI=1S/C23H24ClN3O3/c1-14-3-6-21(30-2)20(9-14)26-23(29)16-10-22(28)27(13-16)8-7-15-12-25-19-5-4-17(24)11-18(15)19/h3-6,9,11-12,16,25H,7-8,10,13H2,1-2H3,(H,26,29). The van der Waals surface area contributed by atoms with Gasteiger partial charge in [-0.3, -0.25) is 9.59 Å². The fourth-order valence-corrected chi connectivity index (χ4v) is 4.10. The van der Waals surface area contributed by atoms with Gasteiger partial charge in [0.1, 0.15) is 5.75 Å². The summed E-state index contributed by atoms with van der Waals surface area (Å²) in [6, 6.07) is 11.3. The number of likely N-dealkylation sites (tertiary alicyclic amines) is 1. The maximum Gasteiger partial charge on any atom is 0.229 e. The van der Waals surface area contributed by atoms with Crippen LogP contribution in [0.5, 0.6) is 5.75 Å². The molecule has 0 saturated carbocycles. The topological polar surface area (TPSA) is 74.4 Å². The predicted molar refractivity (Wildman–Crippen MR) is 118 cm³/mol. The van der Waals surface area contributed by atoms with E-state index in [1.165, 1.54) is 0 Å². The number of hydrogen-bond acceptors (Lipinski definition) is 3. The molecular formula is C23H24ClN3O3. The smallest absolute Gasteiger partial charge is 0.229 e. The van der Waals surface area contributed by atoms with Crippen LogP contribution in [0.15, 0.2) is 42.6 Å². The van der Waals surface area contributed by atoms with E-state index in [9.17, 15) is 9.59 Å². The first kappa shape index (κ1) is 20.3. The molecule has 1 unspecified atom stereocenters. The van der Waals surface area contributed by atoms with E-state index in [2.05, 4.69) is 10.3 Å². The Kier molecular flexibility index (Phi) is 5.68. The van der Waals surface area contributed by atoms with Gasteiger partial charge in [-0.2, -0.15) is 0 Å². The molecular weight excluding hydrogens is 402 g/mol. The third kappa shape index (κ3) is 4.14. The molecule has 1 atom stereocenters. The van der Waals surface area contributed by atoms with E-state index in [-0.39, 0.29) is 24.2 Å². The molecule has 3 aromatic rings. The molecule has 1 aliphatic heterocycles. The Morgan fingerprint density at radius 1 is 1.30 bits per heavy atom. The fraction of sp³-hybridized carbons (Fsp3) is 0.304. The second kappa shape index (κ2) is 8.40. The van der Waals surface area contributed by atoms with Gasteiger partial charge < -0.3 is 19.9 Å². The lowest BCUT2D eigenvalue weighted by atomic mass is 10.1. The van der Waals surface area contributed by atoms with Crippen LogP contribution in [0.2, 0.25) is 5.02 Å². The van der Waals surface area contributed by atoms with Gasteiger partial charge >= 0.3 is 0 Å². The van der Waals surface area contributed by atoms with Crippen molar-refractivity contribution >= 4 is 40.0 Å². The molecule has 0 bridgehead atoms. The molecule has 30 heavy (non-hydrogen) atoms.